The number of carbonyl (C=O) groups excluding carboxylic acids is 1. The van der Waals surface area contributed by atoms with E-state index in [4.69, 9.17) is 4.98 Å². The summed E-state index contributed by atoms with van der Waals surface area (Å²) in [5.74, 6) is 1.95. The fraction of sp³-hybridized carbons (Fsp3) is 0.364. The van der Waals surface area contributed by atoms with Gasteiger partial charge in [0.2, 0.25) is 5.91 Å². The minimum Gasteiger partial charge on any atom is -0.327 e. The second kappa shape index (κ2) is 6.94. The third-order valence-electron chi connectivity index (χ3n) is 5.43. The fourth-order valence-electron chi connectivity index (χ4n) is 3.78. The van der Waals surface area contributed by atoms with Crippen LogP contribution < -0.4 is 4.90 Å². The van der Waals surface area contributed by atoms with Gasteiger partial charge in [-0.3, -0.25) is 4.79 Å². The Morgan fingerprint density at radius 3 is 2.62 bits per heavy atom. The van der Waals surface area contributed by atoms with Gasteiger partial charge in [-0.2, -0.15) is 0 Å². The number of anilines is 1. The van der Waals surface area contributed by atoms with Crippen LogP contribution in [0.25, 0.3) is 11.0 Å². The van der Waals surface area contributed by atoms with E-state index < -0.39 is 0 Å². The van der Waals surface area contributed by atoms with Gasteiger partial charge in [-0.15, -0.1) is 0 Å². The van der Waals surface area contributed by atoms with Gasteiger partial charge in [0.05, 0.1) is 11.0 Å². The molecule has 0 aliphatic carbocycles. The van der Waals surface area contributed by atoms with E-state index in [1.54, 1.807) is 0 Å². The molecule has 1 saturated heterocycles. The maximum Gasteiger partial charge on any atom is 0.227 e. The van der Waals surface area contributed by atoms with E-state index in [1.165, 1.54) is 5.52 Å². The number of aromatic nitrogens is 2. The highest BCUT2D eigenvalue weighted by molar-refractivity contribution is 5.96. The summed E-state index contributed by atoms with van der Waals surface area (Å²) in [6.45, 7) is 6.14. The largest absolute Gasteiger partial charge is 0.327 e. The Hall–Kier alpha value is -2.62. The molecule has 0 saturated carbocycles. The summed E-state index contributed by atoms with van der Waals surface area (Å²) in [5, 5.41) is 0. The first-order chi connectivity index (χ1) is 12.7. The first kappa shape index (κ1) is 16.8. The average molecular weight is 347 g/mol. The van der Waals surface area contributed by atoms with Crippen LogP contribution in [0.5, 0.6) is 0 Å². The van der Waals surface area contributed by atoms with Crippen LogP contribution in [0.1, 0.15) is 38.4 Å². The van der Waals surface area contributed by atoms with Crippen molar-refractivity contribution in [3.63, 3.8) is 0 Å². The zero-order chi connectivity index (χ0) is 18.1. The van der Waals surface area contributed by atoms with Gasteiger partial charge < -0.3 is 9.47 Å². The van der Waals surface area contributed by atoms with Crippen molar-refractivity contribution >= 4 is 22.6 Å². The lowest BCUT2D eigenvalue weighted by molar-refractivity contribution is -0.117. The highest BCUT2D eigenvalue weighted by Crippen LogP contribution is 2.33. The van der Waals surface area contributed by atoms with Crippen molar-refractivity contribution in [3.05, 3.63) is 60.4 Å². The van der Waals surface area contributed by atoms with Gasteiger partial charge in [0.1, 0.15) is 5.82 Å². The van der Waals surface area contributed by atoms with Crippen molar-refractivity contribution in [2.24, 2.45) is 5.92 Å². The Morgan fingerprint density at radius 2 is 1.85 bits per heavy atom. The van der Waals surface area contributed by atoms with Crippen LogP contribution in [0.15, 0.2) is 54.6 Å². The van der Waals surface area contributed by atoms with Crippen molar-refractivity contribution in [2.75, 3.05) is 11.4 Å². The average Bonchev–Trinajstić information content (AvgIpc) is 3.23. The molecule has 3 aromatic rings. The van der Waals surface area contributed by atoms with Crippen LogP contribution in [0.4, 0.5) is 5.69 Å². The molecule has 2 aromatic carbocycles. The van der Waals surface area contributed by atoms with Crippen molar-refractivity contribution in [1.29, 1.82) is 0 Å². The van der Waals surface area contributed by atoms with Crippen LogP contribution in [-0.4, -0.2) is 22.0 Å². The summed E-state index contributed by atoms with van der Waals surface area (Å²) in [6, 6.07) is 18.2. The zero-order valence-electron chi connectivity index (χ0n) is 15.4. The van der Waals surface area contributed by atoms with Gasteiger partial charge in [0.15, 0.2) is 0 Å². The van der Waals surface area contributed by atoms with Crippen molar-refractivity contribution < 1.29 is 4.79 Å². The highest BCUT2D eigenvalue weighted by Gasteiger charge is 2.34. The number of carbonyl (C=O) groups is 1. The number of imidazole rings is 1. The maximum absolute atomic E-state index is 12.7. The minimum atomic E-state index is 0.138. The number of para-hydroxylation sites is 3. The Morgan fingerprint density at radius 1 is 1.12 bits per heavy atom. The molecular formula is C22H25N3O. The number of hydrogen-bond donors (Lipinski definition) is 0. The molecule has 1 amide bonds. The molecule has 0 spiro atoms. The first-order valence-electron chi connectivity index (χ1n) is 9.48. The van der Waals surface area contributed by atoms with Crippen LogP contribution in [0, 0.1) is 5.92 Å². The quantitative estimate of drug-likeness (QED) is 0.676. The van der Waals surface area contributed by atoms with E-state index in [-0.39, 0.29) is 11.8 Å². The van der Waals surface area contributed by atoms with Gasteiger partial charge in [0, 0.05) is 31.1 Å². The lowest BCUT2D eigenvalue weighted by atomic mass is 10.1. The fourth-order valence-corrected chi connectivity index (χ4v) is 3.78. The van der Waals surface area contributed by atoms with Crippen molar-refractivity contribution in [1.82, 2.24) is 9.55 Å². The summed E-state index contributed by atoms with van der Waals surface area (Å²) in [7, 11) is 0. The van der Waals surface area contributed by atoms with Crippen LogP contribution in [0.2, 0.25) is 0 Å². The number of hydrogen-bond acceptors (Lipinski definition) is 2. The molecule has 2 heterocycles. The van der Waals surface area contributed by atoms with E-state index in [9.17, 15) is 4.79 Å². The molecule has 4 heteroatoms. The Labute approximate surface area is 154 Å². The second-order valence-electron chi connectivity index (χ2n) is 7.32. The molecule has 1 aliphatic rings. The van der Waals surface area contributed by atoms with E-state index in [0.29, 0.717) is 18.9 Å². The normalized spacial score (nSPS) is 18.6. The summed E-state index contributed by atoms with van der Waals surface area (Å²) in [5.41, 5.74) is 3.18. The Kier molecular flexibility index (Phi) is 4.49. The molecule has 134 valence electrons. The lowest BCUT2D eigenvalue weighted by Gasteiger charge is -2.18. The number of amides is 1. The SMILES string of the molecule is CC[C@H](C)Cn1c([C@@H]2CC(=O)N(c3ccccc3)C2)nc2ccccc21. The summed E-state index contributed by atoms with van der Waals surface area (Å²) >= 11 is 0. The third-order valence-corrected chi connectivity index (χ3v) is 5.43. The molecule has 1 aliphatic heterocycles. The first-order valence-corrected chi connectivity index (χ1v) is 9.48. The molecule has 1 aromatic heterocycles. The van der Waals surface area contributed by atoms with Crippen LogP contribution in [0.3, 0.4) is 0 Å². The van der Waals surface area contributed by atoms with Gasteiger partial charge in [-0.1, -0.05) is 50.6 Å². The molecule has 26 heavy (non-hydrogen) atoms. The smallest absolute Gasteiger partial charge is 0.227 e. The van der Waals surface area contributed by atoms with E-state index in [1.807, 2.05) is 41.3 Å². The predicted octanol–water partition coefficient (Wildman–Crippen LogP) is 4.60. The van der Waals surface area contributed by atoms with Crippen LogP contribution >= 0.6 is 0 Å². The van der Waals surface area contributed by atoms with Gasteiger partial charge in [-0.25, -0.2) is 4.98 Å². The zero-order valence-corrected chi connectivity index (χ0v) is 15.4. The third kappa shape index (κ3) is 3.00. The topological polar surface area (TPSA) is 38.1 Å². The monoisotopic (exact) mass is 347 g/mol. The molecular weight excluding hydrogens is 322 g/mol. The van der Waals surface area contributed by atoms with Crippen molar-refractivity contribution in [3.8, 4) is 0 Å². The van der Waals surface area contributed by atoms with E-state index >= 15 is 0 Å². The van der Waals surface area contributed by atoms with Crippen LogP contribution in [-0.2, 0) is 11.3 Å². The number of rotatable bonds is 5. The predicted molar refractivity (Wildman–Crippen MR) is 105 cm³/mol. The summed E-state index contributed by atoms with van der Waals surface area (Å²) in [6.07, 6.45) is 1.66. The molecule has 0 unspecified atom stereocenters. The second-order valence-corrected chi connectivity index (χ2v) is 7.32. The molecule has 0 radical (unpaired) electrons. The standard InChI is InChI=1S/C22H25N3O/c1-3-16(2)14-25-20-12-8-7-11-19(20)23-22(25)17-13-21(26)24(15-17)18-9-5-4-6-10-18/h4-12,16-17H,3,13-15H2,1-2H3/t16-,17+/m0/s1. The number of benzene rings is 2. The minimum absolute atomic E-state index is 0.138. The maximum atomic E-state index is 12.7. The molecule has 4 nitrogen and oxygen atoms in total. The highest BCUT2D eigenvalue weighted by atomic mass is 16.2. The van der Waals surface area contributed by atoms with Gasteiger partial charge >= 0.3 is 0 Å². The summed E-state index contributed by atoms with van der Waals surface area (Å²) < 4.78 is 2.34. The molecule has 0 N–H and O–H groups in total. The molecule has 1 fully saturated rings. The number of fused-ring (bicyclic) bond motifs is 1. The van der Waals surface area contributed by atoms with Crippen molar-refractivity contribution in [2.45, 2.75) is 39.2 Å². The lowest BCUT2D eigenvalue weighted by Crippen LogP contribution is -2.24. The number of nitrogens with zero attached hydrogens (tertiary/aromatic N) is 3. The summed E-state index contributed by atoms with van der Waals surface area (Å²) in [4.78, 5) is 19.5. The van der Waals surface area contributed by atoms with E-state index in [0.717, 1.165) is 30.0 Å². The van der Waals surface area contributed by atoms with E-state index in [2.05, 4.69) is 36.6 Å². The van der Waals surface area contributed by atoms with Gasteiger partial charge in [-0.05, 0) is 30.2 Å². The molecule has 2 atom stereocenters. The van der Waals surface area contributed by atoms with Gasteiger partial charge in [0.25, 0.3) is 0 Å². The molecule has 0 bridgehead atoms. The molecule has 4 rings (SSSR count). The Bertz CT molecular complexity index is 916. The Balaban J connectivity index is 1.70.